The molecule has 0 radical (unpaired) electrons. The van der Waals surface area contributed by atoms with Crippen molar-refractivity contribution in [3.63, 3.8) is 0 Å². The van der Waals surface area contributed by atoms with Crippen molar-refractivity contribution >= 4 is 5.91 Å². The summed E-state index contributed by atoms with van der Waals surface area (Å²) in [5, 5.41) is 6.40. The molecule has 1 rings (SSSR count). The van der Waals surface area contributed by atoms with E-state index >= 15 is 0 Å². The SMILES string of the molecule is CCC1CCCNC1CNC(=O)COCCOC. The van der Waals surface area contributed by atoms with Gasteiger partial charge in [-0.15, -0.1) is 0 Å². The molecule has 1 heterocycles. The van der Waals surface area contributed by atoms with Gasteiger partial charge in [0, 0.05) is 19.7 Å². The molecule has 0 aliphatic carbocycles. The van der Waals surface area contributed by atoms with Crippen molar-refractivity contribution in [2.45, 2.75) is 32.2 Å². The standard InChI is InChI=1S/C13H26N2O3/c1-3-11-5-4-6-14-12(11)9-15-13(16)10-18-8-7-17-2/h11-12,14H,3-10H2,1-2H3,(H,15,16). The molecule has 18 heavy (non-hydrogen) atoms. The molecule has 1 aliphatic heterocycles. The highest BCUT2D eigenvalue weighted by Gasteiger charge is 2.23. The zero-order chi connectivity index (χ0) is 13.2. The Labute approximate surface area is 110 Å². The third kappa shape index (κ3) is 5.80. The molecule has 1 saturated heterocycles. The number of hydrogen-bond acceptors (Lipinski definition) is 4. The van der Waals surface area contributed by atoms with Crippen molar-refractivity contribution in [1.29, 1.82) is 0 Å². The maximum absolute atomic E-state index is 11.5. The summed E-state index contributed by atoms with van der Waals surface area (Å²) in [5.41, 5.74) is 0. The number of rotatable bonds is 8. The maximum Gasteiger partial charge on any atom is 0.246 e. The Morgan fingerprint density at radius 2 is 2.28 bits per heavy atom. The first-order valence-electron chi connectivity index (χ1n) is 6.84. The molecule has 0 spiro atoms. The Hall–Kier alpha value is -0.650. The number of carbonyl (C=O) groups excluding carboxylic acids is 1. The van der Waals surface area contributed by atoms with Crippen molar-refractivity contribution in [1.82, 2.24) is 10.6 Å². The summed E-state index contributed by atoms with van der Waals surface area (Å²) >= 11 is 0. The summed E-state index contributed by atoms with van der Waals surface area (Å²) in [6.45, 7) is 5.07. The first-order valence-corrected chi connectivity index (χ1v) is 6.84. The normalized spacial score (nSPS) is 23.9. The van der Waals surface area contributed by atoms with E-state index < -0.39 is 0 Å². The predicted octanol–water partition coefficient (Wildman–Crippen LogP) is 0.544. The van der Waals surface area contributed by atoms with Crippen LogP contribution in [0.5, 0.6) is 0 Å². The second-order valence-corrected chi connectivity index (χ2v) is 4.72. The number of carbonyl (C=O) groups is 1. The highest BCUT2D eigenvalue weighted by Crippen LogP contribution is 2.19. The van der Waals surface area contributed by atoms with Gasteiger partial charge in [-0.25, -0.2) is 0 Å². The number of nitrogens with one attached hydrogen (secondary N) is 2. The molecule has 1 fully saturated rings. The molecule has 1 amide bonds. The summed E-state index contributed by atoms with van der Waals surface area (Å²) in [4.78, 5) is 11.5. The van der Waals surface area contributed by atoms with Crippen LogP contribution < -0.4 is 10.6 Å². The predicted molar refractivity (Wildman–Crippen MR) is 70.5 cm³/mol. The summed E-state index contributed by atoms with van der Waals surface area (Å²) in [6, 6.07) is 0.409. The molecule has 0 bridgehead atoms. The minimum atomic E-state index is -0.0478. The van der Waals surface area contributed by atoms with E-state index in [0.29, 0.717) is 31.7 Å². The van der Waals surface area contributed by atoms with Gasteiger partial charge in [0.05, 0.1) is 13.2 Å². The third-order valence-corrected chi connectivity index (χ3v) is 3.44. The quantitative estimate of drug-likeness (QED) is 0.624. The van der Waals surface area contributed by atoms with E-state index in [4.69, 9.17) is 9.47 Å². The van der Waals surface area contributed by atoms with E-state index in [2.05, 4.69) is 17.6 Å². The van der Waals surface area contributed by atoms with Crippen LogP contribution in [0.2, 0.25) is 0 Å². The van der Waals surface area contributed by atoms with E-state index in [9.17, 15) is 4.79 Å². The Balaban J connectivity index is 2.12. The highest BCUT2D eigenvalue weighted by molar-refractivity contribution is 5.77. The van der Waals surface area contributed by atoms with Crippen molar-refractivity contribution < 1.29 is 14.3 Å². The number of ether oxygens (including phenoxy) is 2. The molecule has 2 unspecified atom stereocenters. The van der Waals surface area contributed by atoms with E-state index in [1.165, 1.54) is 12.8 Å². The van der Waals surface area contributed by atoms with Crippen LogP contribution in [0, 0.1) is 5.92 Å². The van der Waals surface area contributed by atoms with Gasteiger partial charge >= 0.3 is 0 Å². The smallest absolute Gasteiger partial charge is 0.246 e. The molecular formula is C13H26N2O3. The average Bonchev–Trinajstić information content (AvgIpc) is 2.41. The molecule has 0 saturated carbocycles. The van der Waals surface area contributed by atoms with Crippen molar-refractivity contribution in [2.75, 3.05) is 40.0 Å². The fourth-order valence-corrected chi connectivity index (χ4v) is 2.33. The van der Waals surface area contributed by atoms with Gasteiger partial charge in [0.1, 0.15) is 6.61 Å². The highest BCUT2D eigenvalue weighted by atomic mass is 16.5. The fourth-order valence-electron chi connectivity index (χ4n) is 2.33. The van der Waals surface area contributed by atoms with Gasteiger partial charge in [0.2, 0.25) is 5.91 Å². The summed E-state index contributed by atoms with van der Waals surface area (Å²) in [7, 11) is 1.61. The molecule has 0 aromatic rings. The first-order chi connectivity index (χ1) is 8.77. The van der Waals surface area contributed by atoms with Crippen LogP contribution in [0.3, 0.4) is 0 Å². The number of amides is 1. The molecule has 1 aliphatic rings. The van der Waals surface area contributed by atoms with Gasteiger partial charge in [-0.1, -0.05) is 13.3 Å². The molecule has 2 atom stereocenters. The van der Waals surface area contributed by atoms with Crippen LogP contribution in [0.15, 0.2) is 0 Å². The van der Waals surface area contributed by atoms with Crippen LogP contribution in [0.25, 0.3) is 0 Å². The summed E-state index contributed by atoms with van der Waals surface area (Å²) in [5.74, 6) is 0.627. The van der Waals surface area contributed by atoms with E-state index in [1.807, 2.05) is 0 Å². The zero-order valence-electron chi connectivity index (χ0n) is 11.5. The van der Waals surface area contributed by atoms with Crippen LogP contribution in [-0.4, -0.2) is 52.0 Å². The lowest BCUT2D eigenvalue weighted by Gasteiger charge is -2.32. The lowest BCUT2D eigenvalue weighted by atomic mass is 9.89. The molecule has 2 N–H and O–H groups in total. The van der Waals surface area contributed by atoms with Gasteiger partial charge < -0.3 is 20.1 Å². The van der Waals surface area contributed by atoms with Crippen molar-refractivity contribution in [2.24, 2.45) is 5.92 Å². The van der Waals surface area contributed by atoms with Gasteiger partial charge in [0.25, 0.3) is 0 Å². The van der Waals surface area contributed by atoms with Gasteiger partial charge in [0.15, 0.2) is 0 Å². The fraction of sp³-hybridized carbons (Fsp3) is 0.923. The Morgan fingerprint density at radius 1 is 1.44 bits per heavy atom. The zero-order valence-corrected chi connectivity index (χ0v) is 11.5. The second kappa shape index (κ2) is 9.30. The minimum absolute atomic E-state index is 0.0478. The van der Waals surface area contributed by atoms with Crippen LogP contribution in [0.4, 0.5) is 0 Å². The van der Waals surface area contributed by atoms with Crippen LogP contribution >= 0.6 is 0 Å². The monoisotopic (exact) mass is 258 g/mol. The van der Waals surface area contributed by atoms with Gasteiger partial charge in [-0.05, 0) is 25.3 Å². The first kappa shape index (κ1) is 15.4. The maximum atomic E-state index is 11.5. The van der Waals surface area contributed by atoms with Gasteiger partial charge in [-0.3, -0.25) is 4.79 Å². The minimum Gasteiger partial charge on any atom is -0.382 e. The molecule has 5 nitrogen and oxygen atoms in total. The lowest BCUT2D eigenvalue weighted by molar-refractivity contribution is -0.126. The van der Waals surface area contributed by atoms with E-state index in [0.717, 1.165) is 13.0 Å². The van der Waals surface area contributed by atoms with Crippen LogP contribution in [0.1, 0.15) is 26.2 Å². The van der Waals surface area contributed by atoms with Gasteiger partial charge in [-0.2, -0.15) is 0 Å². The third-order valence-electron chi connectivity index (χ3n) is 3.44. The summed E-state index contributed by atoms with van der Waals surface area (Å²) in [6.07, 6.45) is 3.66. The van der Waals surface area contributed by atoms with Crippen molar-refractivity contribution in [3.05, 3.63) is 0 Å². The number of hydrogen-bond donors (Lipinski definition) is 2. The Bertz CT molecular complexity index is 236. The molecule has 106 valence electrons. The van der Waals surface area contributed by atoms with E-state index in [-0.39, 0.29) is 12.5 Å². The van der Waals surface area contributed by atoms with E-state index in [1.54, 1.807) is 7.11 Å². The molecule has 0 aromatic carbocycles. The Kier molecular flexibility index (Phi) is 7.96. The largest absolute Gasteiger partial charge is 0.382 e. The molecule has 5 heteroatoms. The number of methoxy groups -OCH3 is 1. The Morgan fingerprint density at radius 3 is 3.00 bits per heavy atom. The van der Waals surface area contributed by atoms with Crippen LogP contribution in [-0.2, 0) is 14.3 Å². The topological polar surface area (TPSA) is 59.6 Å². The second-order valence-electron chi connectivity index (χ2n) is 4.72. The lowest BCUT2D eigenvalue weighted by Crippen LogP contribution is -2.49. The summed E-state index contributed by atoms with van der Waals surface area (Å²) < 4.78 is 10.0. The number of piperidine rings is 1. The van der Waals surface area contributed by atoms with Crippen molar-refractivity contribution in [3.8, 4) is 0 Å². The molecular weight excluding hydrogens is 232 g/mol. The molecule has 0 aromatic heterocycles. The average molecular weight is 258 g/mol.